The molecule has 0 bridgehead atoms. The highest BCUT2D eigenvalue weighted by atomic mass is 16.5. The molecular formula is C12H20N4O3. The Morgan fingerprint density at radius 1 is 1.42 bits per heavy atom. The summed E-state index contributed by atoms with van der Waals surface area (Å²) in [7, 11) is 0. The van der Waals surface area contributed by atoms with Crippen LogP contribution < -0.4 is 21.5 Å². The zero-order valence-corrected chi connectivity index (χ0v) is 11.4. The van der Waals surface area contributed by atoms with Gasteiger partial charge in [-0.1, -0.05) is 0 Å². The van der Waals surface area contributed by atoms with Crippen LogP contribution in [0.4, 0.5) is 16.3 Å². The molecule has 0 aliphatic carbocycles. The topological polar surface area (TPSA) is 112 Å². The molecule has 1 heterocycles. The third-order valence-electron chi connectivity index (χ3n) is 1.95. The first-order valence-corrected chi connectivity index (χ1v) is 5.89. The molecule has 19 heavy (non-hydrogen) atoms. The molecule has 0 unspecified atom stereocenters. The quantitative estimate of drug-likeness (QED) is 0.695. The van der Waals surface area contributed by atoms with Crippen molar-refractivity contribution >= 4 is 17.6 Å². The van der Waals surface area contributed by atoms with Gasteiger partial charge in [0.25, 0.3) is 0 Å². The number of ether oxygens (including phenoxy) is 2. The summed E-state index contributed by atoms with van der Waals surface area (Å²) in [4.78, 5) is 14.6. The lowest BCUT2D eigenvalue weighted by Crippen LogP contribution is -2.24. The van der Waals surface area contributed by atoms with Crippen LogP contribution in [0.1, 0.15) is 20.8 Å². The van der Waals surface area contributed by atoms with Gasteiger partial charge in [-0.2, -0.15) is 4.98 Å². The fraction of sp³-hybridized carbons (Fsp3) is 0.500. The van der Waals surface area contributed by atoms with Gasteiger partial charge in [-0.3, -0.25) is 0 Å². The molecule has 1 aromatic heterocycles. The lowest BCUT2D eigenvalue weighted by atomic mass is 10.2. The summed E-state index contributed by atoms with van der Waals surface area (Å²) in [5.41, 5.74) is 10.7. The van der Waals surface area contributed by atoms with Crippen LogP contribution in [0, 0.1) is 0 Å². The fourth-order valence-electron chi connectivity index (χ4n) is 1.25. The number of hydrogen-bond donors (Lipinski definition) is 3. The standard InChI is InChI=1S/C12H20N4O3/c1-12(2,3)19-10-8(13)4-5-9(16-10)15-6-7-18-11(14)17/h4-5H,6-7,13H2,1-3H3,(H2,14,17)(H,15,16). The Labute approximate surface area is 112 Å². The van der Waals surface area contributed by atoms with E-state index in [1.807, 2.05) is 20.8 Å². The highest BCUT2D eigenvalue weighted by molar-refractivity contribution is 5.64. The van der Waals surface area contributed by atoms with Crippen LogP contribution in [0.15, 0.2) is 12.1 Å². The van der Waals surface area contributed by atoms with Crippen LogP contribution in [0.3, 0.4) is 0 Å². The molecule has 1 aromatic rings. The van der Waals surface area contributed by atoms with Gasteiger partial charge >= 0.3 is 6.09 Å². The van der Waals surface area contributed by atoms with Crippen LogP contribution in [-0.2, 0) is 4.74 Å². The van der Waals surface area contributed by atoms with Crippen molar-refractivity contribution in [1.29, 1.82) is 0 Å². The minimum atomic E-state index is -0.802. The third kappa shape index (κ3) is 5.80. The number of primary amides is 1. The summed E-state index contributed by atoms with van der Waals surface area (Å²) in [6.07, 6.45) is -0.802. The van der Waals surface area contributed by atoms with Gasteiger partial charge in [0.2, 0.25) is 5.88 Å². The molecule has 0 radical (unpaired) electrons. The van der Waals surface area contributed by atoms with E-state index in [-0.39, 0.29) is 12.2 Å². The lowest BCUT2D eigenvalue weighted by molar-refractivity contribution is 0.125. The Balaban J connectivity index is 2.60. The largest absolute Gasteiger partial charge is 0.470 e. The molecule has 1 amide bonds. The highest BCUT2D eigenvalue weighted by Gasteiger charge is 2.15. The van der Waals surface area contributed by atoms with E-state index in [2.05, 4.69) is 15.0 Å². The first-order valence-electron chi connectivity index (χ1n) is 5.89. The second kappa shape index (κ2) is 6.12. The zero-order valence-electron chi connectivity index (χ0n) is 11.4. The Morgan fingerprint density at radius 3 is 2.68 bits per heavy atom. The molecule has 0 spiro atoms. The number of nitrogens with one attached hydrogen (secondary N) is 1. The van der Waals surface area contributed by atoms with Crippen molar-refractivity contribution in [3.05, 3.63) is 12.1 Å². The Bertz CT molecular complexity index is 443. The first kappa shape index (κ1) is 14.9. The van der Waals surface area contributed by atoms with E-state index in [9.17, 15) is 4.79 Å². The second-order valence-electron chi connectivity index (χ2n) is 4.90. The van der Waals surface area contributed by atoms with Gasteiger partial charge in [0.05, 0.1) is 12.2 Å². The van der Waals surface area contributed by atoms with Crippen molar-refractivity contribution in [3.8, 4) is 5.88 Å². The number of amides is 1. The first-order chi connectivity index (χ1) is 8.78. The predicted octanol–water partition coefficient (Wildman–Crippen LogP) is 1.35. The van der Waals surface area contributed by atoms with Gasteiger partial charge in [0.15, 0.2) is 0 Å². The summed E-state index contributed by atoms with van der Waals surface area (Å²) in [6.45, 7) is 6.30. The summed E-state index contributed by atoms with van der Waals surface area (Å²) >= 11 is 0. The molecular weight excluding hydrogens is 248 g/mol. The molecule has 106 valence electrons. The van der Waals surface area contributed by atoms with E-state index < -0.39 is 6.09 Å². The average molecular weight is 268 g/mol. The molecule has 7 heteroatoms. The van der Waals surface area contributed by atoms with E-state index in [1.54, 1.807) is 12.1 Å². The molecule has 0 aromatic carbocycles. The SMILES string of the molecule is CC(C)(C)Oc1nc(NCCOC(N)=O)ccc1N. The predicted molar refractivity (Wildman–Crippen MR) is 73.1 cm³/mol. The van der Waals surface area contributed by atoms with Crippen molar-refractivity contribution in [2.24, 2.45) is 5.73 Å². The smallest absolute Gasteiger partial charge is 0.404 e. The number of anilines is 2. The van der Waals surface area contributed by atoms with Gasteiger partial charge in [-0.05, 0) is 32.9 Å². The number of rotatable bonds is 5. The van der Waals surface area contributed by atoms with Gasteiger partial charge in [-0.25, -0.2) is 4.79 Å². The van der Waals surface area contributed by atoms with E-state index in [0.29, 0.717) is 23.9 Å². The Hall–Kier alpha value is -2.18. The fourth-order valence-corrected chi connectivity index (χ4v) is 1.25. The molecule has 1 rings (SSSR count). The van der Waals surface area contributed by atoms with Crippen LogP contribution in [0.5, 0.6) is 5.88 Å². The normalized spacial score (nSPS) is 10.9. The van der Waals surface area contributed by atoms with Crippen molar-refractivity contribution in [1.82, 2.24) is 4.98 Å². The minimum Gasteiger partial charge on any atom is -0.470 e. The van der Waals surface area contributed by atoms with E-state index in [1.165, 1.54) is 0 Å². The van der Waals surface area contributed by atoms with Gasteiger partial charge in [0, 0.05) is 0 Å². The third-order valence-corrected chi connectivity index (χ3v) is 1.95. The summed E-state index contributed by atoms with van der Waals surface area (Å²) in [5, 5.41) is 2.97. The van der Waals surface area contributed by atoms with Crippen LogP contribution >= 0.6 is 0 Å². The van der Waals surface area contributed by atoms with Gasteiger partial charge in [-0.15, -0.1) is 0 Å². The van der Waals surface area contributed by atoms with E-state index >= 15 is 0 Å². The van der Waals surface area contributed by atoms with Gasteiger partial charge < -0.3 is 26.3 Å². The molecule has 0 fully saturated rings. The maximum atomic E-state index is 10.4. The lowest BCUT2D eigenvalue weighted by Gasteiger charge is -2.21. The minimum absolute atomic E-state index is 0.164. The van der Waals surface area contributed by atoms with Crippen molar-refractivity contribution < 1.29 is 14.3 Å². The number of nitrogens with two attached hydrogens (primary N) is 2. The summed E-state index contributed by atoms with van der Waals surface area (Å²) < 4.78 is 10.2. The van der Waals surface area contributed by atoms with Crippen LogP contribution in [-0.4, -0.2) is 29.8 Å². The number of carbonyl (C=O) groups is 1. The number of pyridine rings is 1. The van der Waals surface area contributed by atoms with Crippen LogP contribution in [0.2, 0.25) is 0 Å². The Kier molecular flexibility index (Phi) is 4.80. The van der Waals surface area contributed by atoms with E-state index in [0.717, 1.165) is 0 Å². The average Bonchev–Trinajstić information content (AvgIpc) is 2.26. The maximum absolute atomic E-state index is 10.4. The van der Waals surface area contributed by atoms with Crippen LogP contribution in [0.25, 0.3) is 0 Å². The maximum Gasteiger partial charge on any atom is 0.404 e. The van der Waals surface area contributed by atoms with Gasteiger partial charge in [0.1, 0.15) is 18.0 Å². The molecule has 0 aliphatic rings. The zero-order chi connectivity index (χ0) is 14.5. The molecule has 5 N–H and O–H groups in total. The van der Waals surface area contributed by atoms with Crippen molar-refractivity contribution in [3.63, 3.8) is 0 Å². The monoisotopic (exact) mass is 268 g/mol. The van der Waals surface area contributed by atoms with Crippen molar-refractivity contribution in [2.45, 2.75) is 26.4 Å². The number of carbonyl (C=O) groups excluding carboxylic acids is 1. The highest BCUT2D eigenvalue weighted by Crippen LogP contribution is 2.24. The molecule has 7 nitrogen and oxygen atoms in total. The van der Waals surface area contributed by atoms with E-state index in [4.69, 9.17) is 16.2 Å². The summed E-state index contributed by atoms with van der Waals surface area (Å²) in [5.74, 6) is 0.954. The number of aromatic nitrogens is 1. The molecule has 0 saturated carbocycles. The molecule has 0 saturated heterocycles. The van der Waals surface area contributed by atoms with Crippen molar-refractivity contribution in [2.75, 3.05) is 24.2 Å². The second-order valence-corrected chi connectivity index (χ2v) is 4.90. The molecule has 0 atom stereocenters. The summed E-state index contributed by atoms with van der Waals surface area (Å²) in [6, 6.07) is 3.42. The number of nitrogen functional groups attached to an aromatic ring is 1. The number of nitrogens with zero attached hydrogens (tertiary/aromatic N) is 1. The molecule has 0 aliphatic heterocycles. The Morgan fingerprint density at radius 2 is 2.11 bits per heavy atom. The number of hydrogen-bond acceptors (Lipinski definition) is 6.